The van der Waals surface area contributed by atoms with Crippen LogP contribution < -0.4 is 15.4 Å². The van der Waals surface area contributed by atoms with Crippen LogP contribution in [0.3, 0.4) is 0 Å². The Labute approximate surface area is 163 Å². The summed E-state index contributed by atoms with van der Waals surface area (Å²) in [5, 5.41) is 6.38. The van der Waals surface area contributed by atoms with Crippen molar-refractivity contribution in [1.29, 1.82) is 0 Å². The highest BCUT2D eigenvalue weighted by molar-refractivity contribution is 7.89. The van der Waals surface area contributed by atoms with E-state index in [2.05, 4.69) is 22.3 Å². The summed E-state index contributed by atoms with van der Waals surface area (Å²) in [4.78, 5) is 12.6. The van der Waals surface area contributed by atoms with Crippen molar-refractivity contribution >= 4 is 28.3 Å². The van der Waals surface area contributed by atoms with Crippen LogP contribution in [0.1, 0.15) is 44.7 Å². The predicted octanol–water partition coefficient (Wildman–Crippen LogP) is 2.22. The van der Waals surface area contributed by atoms with Crippen LogP contribution in [0.4, 0.5) is 0 Å². The van der Waals surface area contributed by atoms with Crippen LogP contribution in [0, 0.1) is 11.8 Å². The molecule has 8 heteroatoms. The number of sulfonamides is 1. The molecule has 3 atom stereocenters. The van der Waals surface area contributed by atoms with Gasteiger partial charge in [0.2, 0.25) is 15.9 Å². The maximum atomic E-state index is 12.4. The first-order valence-corrected chi connectivity index (χ1v) is 10.4. The molecule has 1 amide bonds. The standard InChI is InChI=1S/C18H29N3O3S.ClH/c1-13(16-7-5-9-20-12-16)10-18(22)21-14(2)15-6-4-8-17(11-15)25(23,24)19-3;/h4,6,8,11,13-14,16,19-20H,5,7,9-10,12H2,1-3H3,(H,21,22);1H. The summed E-state index contributed by atoms with van der Waals surface area (Å²) in [5.41, 5.74) is 0.775. The van der Waals surface area contributed by atoms with Crippen LogP contribution in [0.25, 0.3) is 0 Å². The topological polar surface area (TPSA) is 87.3 Å². The van der Waals surface area contributed by atoms with Gasteiger partial charge in [-0.3, -0.25) is 4.79 Å². The molecule has 1 aromatic rings. The van der Waals surface area contributed by atoms with Crippen LogP contribution in [0.15, 0.2) is 29.2 Å². The van der Waals surface area contributed by atoms with E-state index in [1.54, 1.807) is 18.2 Å². The highest BCUT2D eigenvalue weighted by Gasteiger charge is 2.23. The molecule has 1 heterocycles. The minimum absolute atomic E-state index is 0. The molecule has 0 saturated carbocycles. The van der Waals surface area contributed by atoms with Crippen molar-refractivity contribution in [2.75, 3.05) is 20.1 Å². The predicted molar refractivity (Wildman–Crippen MR) is 106 cm³/mol. The summed E-state index contributed by atoms with van der Waals surface area (Å²) in [6.45, 7) is 6.05. The van der Waals surface area contributed by atoms with Gasteiger partial charge in [0, 0.05) is 6.42 Å². The lowest BCUT2D eigenvalue weighted by molar-refractivity contribution is -0.123. The average molecular weight is 404 g/mol. The molecule has 0 spiro atoms. The Bertz CT molecular complexity index is 691. The van der Waals surface area contributed by atoms with E-state index in [0.29, 0.717) is 18.3 Å². The first-order chi connectivity index (χ1) is 11.8. The number of carbonyl (C=O) groups is 1. The van der Waals surface area contributed by atoms with Crippen LogP contribution in [-0.2, 0) is 14.8 Å². The van der Waals surface area contributed by atoms with E-state index >= 15 is 0 Å². The molecular formula is C18H30ClN3O3S. The van der Waals surface area contributed by atoms with Gasteiger partial charge in [-0.1, -0.05) is 19.1 Å². The number of rotatable bonds is 7. The van der Waals surface area contributed by atoms with Gasteiger partial charge in [0.05, 0.1) is 10.9 Å². The van der Waals surface area contributed by atoms with E-state index in [0.717, 1.165) is 18.7 Å². The number of hydrogen-bond donors (Lipinski definition) is 3. The Kier molecular flexibility index (Phi) is 9.03. The third kappa shape index (κ3) is 6.23. The number of benzene rings is 1. The smallest absolute Gasteiger partial charge is 0.240 e. The van der Waals surface area contributed by atoms with Crippen molar-refractivity contribution in [3.8, 4) is 0 Å². The monoisotopic (exact) mass is 403 g/mol. The molecule has 1 aliphatic heterocycles. The second kappa shape index (κ2) is 10.3. The Balaban J connectivity index is 0.00000338. The van der Waals surface area contributed by atoms with Crippen molar-refractivity contribution in [1.82, 2.24) is 15.4 Å². The number of hydrogen-bond acceptors (Lipinski definition) is 4. The van der Waals surface area contributed by atoms with E-state index < -0.39 is 10.0 Å². The summed E-state index contributed by atoms with van der Waals surface area (Å²) < 4.78 is 26.1. The van der Waals surface area contributed by atoms with E-state index in [-0.39, 0.29) is 29.3 Å². The molecule has 3 N–H and O–H groups in total. The molecule has 1 saturated heterocycles. The normalized spacial score (nSPS) is 19.9. The van der Waals surface area contributed by atoms with Gasteiger partial charge in [0.15, 0.2) is 0 Å². The Hall–Kier alpha value is -1.15. The second-order valence-corrected chi connectivity index (χ2v) is 8.74. The van der Waals surface area contributed by atoms with Crippen molar-refractivity contribution in [2.24, 2.45) is 11.8 Å². The minimum atomic E-state index is -3.49. The molecule has 2 rings (SSSR count). The summed E-state index contributed by atoms with van der Waals surface area (Å²) in [7, 11) is -2.10. The van der Waals surface area contributed by atoms with Gasteiger partial charge in [-0.2, -0.15) is 0 Å². The molecule has 3 unspecified atom stereocenters. The van der Waals surface area contributed by atoms with E-state index in [1.807, 2.05) is 13.0 Å². The van der Waals surface area contributed by atoms with E-state index in [1.165, 1.54) is 19.9 Å². The molecule has 0 aliphatic carbocycles. The number of amides is 1. The van der Waals surface area contributed by atoms with Gasteiger partial charge in [-0.25, -0.2) is 13.1 Å². The first kappa shape index (κ1) is 22.9. The quantitative estimate of drug-likeness (QED) is 0.651. The first-order valence-electron chi connectivity index (χ1n) is 8.87. The fourth-order valence-electron chi connectivity index (χ4n) is 3.28. The largest absolute Gasteiger partial charge is 0.350 e. The summed E-state index contributed by atoms with van der Waals surface area (Å²) >= 11 is 0. The Morgan fingerprint density at radius 3 is 2.69 bits per heavy atom. The zero-order valence-corrected chi connectivity index (χ0v) is 17.3. The fourth-order valence-corrected chi connectivity index (χ4v) is 4.06. The van der Waals surface area contributed by atoms with Crippen LogP contribution >= 0.6 is 12.4 Å². The van der Waals surface area contributed by atoms with E-state index in [9.17, 15) is 13.2 Å². The molecular weight excluding hydrogens is 374 g/mol. The lowest BCUT2D eigenvalue weighted by Crippen LogP contribution is -2.36. The summed E-state index contributed by atoms with van der Waals surface area (Å²) in [6, 6.07) is 6.43. The molecule has 6 nitrogen and oxygen atoms in total. The maximum Gasteiger partial charge on any atom is 0.240 e. The maximum absolute atomic E-state index is 12.4. The summed E-state index contributed by atoms with van der Waals surface area (Å²) in [5.74, 6) is 0.877. The number of carbonyl (C=O) groups excluding carboxylic acids is 1. The zero-order valence-electron chi connectivity index (χ0n) is 15.6. The van der Waals surface area contributed by atoms with Crippen molar-refractivity contribution in [3.63, 3.8) is 0 Å². The number of piperidine rings is 1. The second-order valence-electron chi connectivity index (χ2n) is 6.86. The Morgan fingerprint density at radius 2 is 2.08 bits per heavy atom. The third-order valence-corrected chi connectivity index (χ3v) is 6.37. The molecule has 1 aliphatic rings. The van der Waals surface area contributed by atoms with Crippen LogP contribution in [0.2, 0.25) is 0 Å². The van der Waals surface area contributed by atoms with Gasteiger partial charge < -0.3 is 10.6 Å². The van der Waals surface area contributed by atoms with E-state index in [4.69, 9.17) is 0 Å². The van der Waals surface area contributed by atoms with Crippen LogP contribution in [-0.4, -0.2) is 34.5 Å². The molecule has 0 bridgehead atoms. The molecule has 1 aromatic carbocycles. The van der Waals surface area contributed by atoms with Crippen LogP contribution in [0.5, 0.6) is 0 Å². The van der Waals surface area contributed by atoms with Crippen molar-refractivity contribution < 1.29 is 13.2 Å². The van der Waals surface area contributed by atoms with Gasteiger partial charge in [0.1, 0.15) is 0 Å². The van der Waals surface area contributed by atoms with Gasteiger partial charge >= 0.3 is 0 Å². The van der Waals surface area contributed by atoms with Gasteiger partial charge in [-0.05, 0) is 69.4 Å². The lowest BCUT2D eigenvalue weighted by Gasteiger charge is -2.28. The molecule has 26 heavy (non-hydrogen) atoms. The molecule has 0 radical (unpaired) electrons. The molecule has 148 valence electrons. The minimum Gasteiger partial charge on any atom is -0.350 e. The highest BCUT2D eigenvalue weighted by atomic mass is 35.5. The van der Waals surface area contributed by atoms with Gasteiger partial charge in [-0.15, -0.1) is 12.4 Å². The fraction of sp³-hybridized carbons (Fsp3) is 0.611. The zero-order chi connectivity index (χ0) is 18.4. The lowest BCUT2D eigenvalue weighted by atomic mass is 9.85. The molecule has 0 aromatic heterocycles. The van der Waals surface area contributed by atoms with Crippen molar-refractivity contribution in [3.05, 3.63) is 29.8 Å². The number of nitrogens with one attached hydrogen (secondary N) is 3. The number of halogens is 1. The average Bonchev–Trinajstić information content (AvgIpc) is 2.62. The van der Waals surface area contributed by atoms with Gasteiger partial charge in [0.25, 0.3) is 0 Å². The SMILES string of the molecule is CNS(=O)(=O)c1cccc(C(C)NC(=O)CC(C)C2CCCNC2)c1.Cl. The summed E-state index contributed by atoms with van der Waals surface area (Å²) in [6.07, 6.45) is 2.83. The Morgan fingerprint density at radius 1 is 1.35 bits per heavy atom. The van der Waals surface area contributed by atoms with Crippen molar-refractivity contribution in [2.45, 2.75) is 44.0 Å². The third-order valence-electron chi connectivity index (χ3n) is 4.96. The highest BCUT2D eigenvalue weighted by Crippen LogP contribution is 2.23. The molecule has 1 fully saturated rings.